The number of benzene rings is 2. The lowest BCUT2D eigenvalue weighted by molar-refractivity contribution is -0.116. The number of rotatable bonds is 6. The molecule has 25 heavy (non-hydrogen) atoms. The predicted molar refractivity (Wildman–Crippen MR) is 98.1 cm³/mol. The Morgan fingerprint density at radius 3 is 2.52 bits per heavy atom. The lowest BCUT2D eigenvalue weighted by Gasteiger charge is -2.06. The second-order valence-corrected chi connectivity index (χ2v) is 6.27. The van der Waals surface area contributed by atoms with Gasteiger partial charge in [-0.2, -0.15) is 4.80 Å². The summed E-state index contributed by atoms with van der Waals surface area (Å²) in [7, 11) is 0. The molecule has 6 heteroatoms. The van der Waals surface area contributed by atoms with E-state index in [1.165, 1.54) is 0 Å². The predicted octanol–water partition coefficient (Wildman–Crippen LogP) is 3.80. The number of hydrogen-bond donors (Lipinski definition) is 1. The molecule has 0 aliphatic heterocycles. The van der Waals surface area contributed by atoms with Crippen molar-refractivity contribution in [2.75, 3.05) is 11.9 Å². The summed E-state index contributed by atoms with van der Waals surface area (Å²) < 4.78 is 5.45. The van der Waals surface area contributed by atoms with Crippen LogP contribution in [0.5, 0.6) is 5.75 Å². The van der Waals surface area contributed by atoms with E-state index >= 15 is 0 Å². The molecule has 0 spiro atoms. The molecular formula is C19H22N4O2. The maximum atomic E-state index is 11.9. The fraction of sp³-hybridized carbons (Fsp3) is 0.316. The van der Waals surface area contributed by atoms with Crippen molar-refractivity contribution in [3.05, 3.63) is 42.5 Å². The summed E-state index contributed by atoms with van der Waals surface area (Å²) in [6.07, 6.45) is 0.497. The average molecular weight is 338 g/mol. The van der Waals surface area contributed by atoms with Crippen molar-refractivity contribution in [2.24, 2.45) is 5.92 Å². The highest BCUT2D eigenvalue weighted by Crippen LogP contribution is 2.19. The maximum Gasteiger partial charge on any atom is 0.224 e. The van der Waals surface area contributed by atoms with E-state index in [4.69, 9.17) is 4.74 Å². The molecule has 0 radical (unpaired) electrons. The van der Waals surface area contributed by atoms with Gasteiger partial charge in [-0.3, -0.25) is 4.79 Å². The number of nitrogens with one attached hydrogen (secondary N) is 1. The summed E-state index contributed by atoms with van der Waals surface area (Å²) in [5.41, 5.74) is 3.09. The van der Waals surface area contributed by atoms with Crippen molar-refractivity contribution in [2.45, 2.75) is 27.2 Å². The van der Waals surface area contributed by atoms with Gasteiger partial charge in [-0.1, -0.05) is 13.8 Å². The molecule has 2 aromatic carbocycles. The second kappa shape index (κ2) is 7.34. The Kier molecular flexibility index (Phi) is 4.97. The monoisotopic (exact) mass is 338 g/mol. The van der Waals surface area contributed by atoms with Gasteiger partial charge in [0.15, 0.2) is 0 Å². The fourth-order valence-electron chi connectivity index (χ4n) is 2.53. The Bertz CT molecular complexity index is 869. The van der Waals surface area contributed by atoms with Gasteiger partial charge < -0.3 is 10.1 Å². The Morgan fingerprint density at radius 1 is 1.12 bits per heavy atom. The molecule has 0 bridgehead atoms. The highest BCUT2D eigenvalue weighted by Gasteiger charge is 2.09. The van der Waals surface area contributed by atoms with Gasteiger partial charge in [0.25, 0.3) is 0 Å². The van der Waals surface area contributed by atoms with Gasteiger partial charge in [-0.15, -0.1) is 10.2 Å². The first kappa shape index (κ1) is 17.0. The van der Waals surface area contributed by atoms with Gasteiger partial charge in [-0.25, -0.2) is 0 Å². The standard InChI is InChI=1S/C19H22N4O2/c1-4-25-16-8-6-15(7-9-16)23-21-17-10-5-14(12-18(17)22-23)20-19(24)11-13(2)3/h5-10,12-13H,4,11H2,1-3H3,(H,20,24). The van der Waals surface area contributed by atoms with Crippen molar-refractivity contribution in [1.82, 2.24) is 15.0 Å². The molecule has 0 saturated heterocycles. The molecule has 6 nitrogen and oxygen atoms in total. The van der Waals surface area contributed by atoms with Crippen molar-refractivity contribution in [3.8, 4) is 11.4 Å². The number of anilines is 1. The van der Waals surface area contributed by atoms with Crippen LogP contribution in [-0.4, -0.2) is 27.5 Å². The average Bonchev–Trinajstić information content (AvgIpc) is 2.98. The SMILES string of the molecule is CCOc1ccc(-n2nc3ccc(NC(=O)CC(C)C)cc3n2)cc1. The number of carbonyl (C=O) groups excluding carboxylic acids is 1. The Hall–Kier alpha value is -2.89. The first-order valence-corrected chi connectivity index (χ1v) is 8.45. The third-order valence-corrected chi connectivity index (χ3v) is 3.64. The molecule has 3 rings (SSSR count). The van der Waals surface area contributed by atoms with Gasteiger partial charge >= 0.3 is 0 Å². The topological polar surface area (TPSA) is 69.0 Å². The minimum absolute atomic E-state index is 0.00764. The van der Waals surface area contributed by atoms with E-state index < -0.39 is 0 Å². The number of ether oxygens (including phenoxy) is 1. The van der Waals surface area contributed by atoms with Crippen molar-refractivity contribution in [3.63, 3.8) is 0 Å². The van der Waals surface area contributed by atoms with E-state index in [1.54, 1.807) is 4.80 Å². The van der Waals surface area contributed by atoms with Crippen LogP contribution in [0.25, 0.3) is 16.7 Å². The van der Waals surface area contributed by atoms with Crippen LogP contribution >= 0.6 is 0 Å². The number of amides is 1. The number of nitrogens with zero attached hydrogens (tertiary/aromatic N) is 3. The van der Waals surface area contributed by atoms with Gasteiger partial charge in [0.2, 0.25) is 5.91 Å². The van der Waals surface area contributed by atoms with E-state index in [-0.39, 0.29) is 5.91 Å². The molecule has 0 aliphatic carbocycles. The third kappa shape index (κ3) is 4.15. The molecule has 0 unspecified atom stereocenters. The smallest absolute Gasteiger partial charge is 0.224 e. The summed E-state index contributed by atoms with van der Waals surface area (Å²) in [4.78, 5) is 13.5. The molecular weight excluding hydrogens is 316 g/mol. The molecule has 1 N–H and O–H groups in total. The molecule has 0 saturated carbocycles. The molecule has 1 amide bonds. The van der Waals surface area contributed by atoms with Crippen molar-refractivity contribution >= 4 is 22.6 Å². The molecule has 0 fully saturated rings. The number of aromatic nitrogens is 3. The second-order valence-electron chi connectivity index (χ2n) is 6.27. The zero-order valence-electron chi connectivity index (χ0n) is 14.7. The summed E-state index contributed by atoms with van der Waals surface area (Å²) >= 11 is 0. The Balaban J connectivity index is 1.81. The van der Waals surface area contributed by atoms with Crippen LogP contribution in [0.2, 0.25) is 0 Å². The summed E-state index contributed by atoms with van der Waals surface area (Å²) in [5.74, 6) is 1.15. The molecule has 0 aliphatic rings. The highest BCUT2D eigenvalue weighted by atomic mass is 16.5. The minimum atomic E-state index is 0.00764. The van der Waals surface area contributed by atoms with E-state index in [0.717, 1.165) is 28.2 Å². The first-order chi connectivity index (χ1) is 12.0. The zero-order chi connectivity index (χ0) is 17.8. The lowest BCUT2D eigenvalue weighted by atomic mass is 10.1. The molecule has 0 atom stereocenters. The molecule has 1 aromatic heterocycles. The molecule has 130 valence electrons. The largest absolute Gasteiger partial charge is 0.494 e. The summed E-state index contributed by atoms with van der Waals surface area (Å²) in [6, 6.07) is 13.2. The highest BCUT2D eigenvalue weighted by molar-refractivity contribution is 5.93. The van der Waals surface area contributed by atoms with E-state index in [2.05, 4.69) is 15.5 Å². The van der Waals surface area contributed by atoms with Crippen LogP contribution in [0.15, 0.2) is 42.5 Å². The van der Waals surface area contributed by atoms with E-state index in [9.17, 15) is 4.79 Å². The summed E-state index contributed by atoms with van der Waals surface area (Å²) in [5, 5.41) is 11.9. The fourth-order valence-corrected chi connectivity index (χ4v) is 2.53. The number of fused-ring (bicyclic) bond motifs is 1. The van der Waals surface area contributed by atoms with E-state index in [1.807, 2.05) is 63.2 Å². The Morgan fingerprint density at radius 2 is 1.84 bits per heavy atom. The normalized spacial score (nSPS) is 11.0. The van der Waals surface area contributed by atoms with Crippen LogP contribution in [0.3, 0.4) is 0 Å². The van der Waals surface area contributed by atoms with Crippen LogP contribution in [0.1, 0.15) is 27.2 Å². The Labute approximate surface area is 146 Å². The molecule has 3 aromatic rings. The third-order valence-electron chi connectivity index (χ3n) is 3.64. The van der Waals surface area contributed by atoms with Gasteiger partial charge in [0, 0.05) is 12.1 Å². The van der Waals surface area contributed by atoms with Gasteiger partial charge in [0.1, 0.15) is 16.8 Å². The van der Waals surface area contributed by atoms with Crippen LogP contribution in [-0.2, 0) is 4.79 Å². The van der Waals surface area contributed by atoms with Crippen LogP contribution in [0.4, 0.5) is 5.69 Å². The quantitative estimate of drug-likeness (QED) is 0.742. The number of hydrogen-bond acceptors (Lipinski definition) is 4. The van der Waals surface area contributed by atoms with Crippen molar-refractivity contribution < 1.29 is 9.53 Å². The minimum Gasteiger partial charge on any atom is -0.494 e. The lowest BCUT2D eigenvalue weighted by Crippen LogP contribution is -2.13. The van der Waals surface area contributed by atoms with Crippen molar-refractivity contribution in [1.29, 1.82) is 0 Å². The number of carbonyl (C=O) groups is 1. The summed E-state index contributed by atoms with van der Waals surface area (Å²) in [6.45, 7) is 6.62. The van der Waals surface area contributed by atoms with E-state index in [0.29, 0.717) is 18.9 Å². The van der Waals surface area contributed by atoms with Gasteiger partial charge in [-0.05, 0) is 55.3 Å². The zero-order valence-corrected chi connectivity index (χ0v) is 14.7. The maximum absolute atomic E-state index is 11.9. The van der Waals surface area contributed by atoms with Gasteiger partial charge in [0.05, 0.1) is 12.3 Å². The first-order valence-electron chi connectivity index (χ1n) is 8.45. The van der Waals surface area contributed by atoms with Crippen LogP contribution < -0.4 is 10.1 Å². The molecule has 1 heterocycles. The van der Waals surface area contributed by atoms with Crippen LogP contribution in [0, 0.1) is 5.92 Å².